The average Bonchev–Trinajstić information content (AvgIpc) is 3.25. The van der Waals surface area contributed by atoms with E-state index < -0.39 is 33.7 Å². The van der Waals surface area contributed by atoms with Crippen LogP contribution in [0.2, 0.25) is 0 Å². The number of esters is 2. The van der Waals surface area contributed by atoms with E-state index in [4.69, 9.17) is 9.47 Å². The van der Waals surface area contributed by atoms with Crippen LogP contribution in [0.25, 0.3) is 0 Å². The average molecular weight is 534 g/mol. The molecule has 0 saturated heterocycles. The lowest BCUT2D eigenvalue weighted by Gasteiger charge is -2.16. The van der Waals surface area contributed by atoms with Crippen molar-refractivity contribution in [1.82, 2.24) is 4.57 Å². The minimum atomic E-state index is -4.75. The Morgan fingerprint density at radius 1 is 0.944 bits per heavy atom. The van der Waals surface area contributed by atoms with Crippen molar-refractivity contribution in [1.29, 1.82) is 0 Å². The minimum absolute atomic E-state index is 0.0496. The Morgan fingerprint density at radius 3 is 1.92 bits per heavy atom. The number of ether oxygens (including phenoxy) is 2. The van der Waals surface area contributed by atoms with Crippen LogP contribution in [0.1, 0.15) is 92.4 Å². The highest BCUT2D eigenvalue weighted by molar-refractivity contribution is 7.87. The molecule has 0 radical (unpaired) electrons. The molecule has 0 fully saturated rings. The highest BCUT2D eigenvalue weighted by atomic mass is 32.2. The fraction of sp³-hybridized carbons (Fsp3) is 0.808. The first kappa shape index (κ1) is 34.1. The molecule has 3 unspecified atom stereocenters. The molecule has 10 heteroatoms. The van der Waals surface area contributed by atoms with Gasteiger partial charge in [0.1, 0.15) is 12.4 Å². The maximum atomic E-state index is 12.0. The molecule has 0 aromatic carbocycles. The van der Waals surface area contributed by atoms with E-state index in [1.807, 2.05) is 27.8 Å². The first-order valence-electron chi connectivity index (χ1n) is 13.2. The van der Waals surface area contributed by atoms with Crippen LogP contribution in [0.5, 0.6) is 0 Å². The molecule has 210 valence electrons. The van der Waals surface area contributed by atoms with Gasteiger partial charge in [-0.1, -0.05) is 66.7 Å². The molecule has 1 N–H and O–H groups in total. The van der Waals surface area contributed by atoms with Gasteiger partial charge in [-0.25, -0.2) is 9.13 Å². The van der Waals surface area contributed by atoms with Gasteiger partial charge in [0.15, 0.2) is 5.25 Å². The maximum absolute atomic E-state index is 12.0. The Balaban J connectivity index is 0.00000101. The zero-order valence-corrected chi connectivity index (χ0v) is 24.0. The second-order valence-electron chi connectivity index (χ2n) is 9.69. The van der Waals surface area contributed by atoms with E-state index >= 15 is 0 Å². The first-order chi connectivity index (χ1) is 16.9. The molecular formula is C26H49N2O7S+. The molecule has 1 rings (SSSR count). The van der Waals surface area contributed by atoms with Gasteiger partial charge in [-0.05, 0) is 31.1 Å². The molecule has 0 amide bonds. The molecule has 0 bridgehead atoms. The third-order valence-electron chi connectivity index (χ3n) is 5.71. The molecule has 1 heterocycles. The van der Waals surface area contributed by atoms with E-state index in [1.54, 1.807) is 0 Å². The van der Waals surface area contributed by atoms with E-state index in [9.17, 15) is 22.6 Å². The number of nitrogens with zero attached hydrogens (tertiary/aromatic N) is 2. The van der Waals surface area contributed by atoms with Crippen molar-refractivity contribution >= 4 is 22.1 Å². The second-order valence-corrected chi connectivity index (χ2v) is 11.3. The molecule has 9 nitrogen and oxygen atoms in total. The predicted octanol–water partition coefficient (Wildman–Crippen LogP) is 4.48. The lowest BCUT2D eigenvalue weighted by atomic mass is 10.1. The van der Waals surface area contributed by atoms with Gasteiger partial charge in [0, 0.05) is 0 Å². The molecule has 1 aromatic heterocycles. The lowest BCUT2D eigenvalue weighted by Crippen LogP contribution is -2.35. The molecule has 3 atom stereocenters. The second kappa shape index (κ2) is 19.2. The molecule has 0 spiro atoms. The molecular weight excluding hydrogens is 484 g/mol. The van der Waals surface area contributed by atoms with Crippen LogP contribution in [0.15, 0.2) is 18.7 Å². The molecule has 0 aliphatic carbocycles. The number of aryl methyl sites for hydroxylation is 2. The van der Waals surface area contributed by atoms with Gasteiger partial charge in [-0.2, -0.15) is 8.42 Å². The Bertz CT molecular complexity index is 839. The molecule has 0 aliphatic heterocycles. The largest absolute Gasteiger partial charge is 0.465 e. The number of carbonyl (C=O) groups excluding carboxylic acids is 2. The van der Waals surface area contributed by atoms with E-state index in [0.29, 0.717) is 0 Å². The van der Waals surface area contributed by atoms with E-state index in [2.05, 4.69) is 41.7 Å². The number of imidazole rings is 1. The van der Waals surface area contributed by atoms with Gasteiger partial charge in [0.25, 0.3) is 10.1 Å². The Labute approximate surface area is 218 Å². The molecule has 0 saturated carbocycles. The van der Waals surface area contributed by atoms with Gasteiger partial charge in [-0.3, -0.25) is 14.1 Å². The quantitative estimate of drug-likeness (QED) is 0.178. The summed E-state index contributed by atoms with van der Waals surface area (Å²) < 4.78 is 46.5. The van der Waals surface area contributed by atoms with E-state index in [0.717, 1.165) is 45.1 Å². The summed E-state index contributed by atoms with van der Waals surface area (Å²) in [4.78, 5) is 23.9. The zero-order chi connectivity index (χ0) is 27.6. The summed E-state index contributed by atoms with van der Waals surface area (Å²) >= 11 is 0. The third kappa shape index (κ3) is 16.7. The maximum Gasteiger partial charge on any atom is 0.327 e. The lowest BCUT2D eigenvalue weighted by molar-refractivity contribution is -0.671. The van der Waals surface area contributed by atoms with E-state index in [-0.39, 0.29) is 25.0 Å². The summed E-state index contributed by atoms with van der Waals surface area (Å²) in [6, 6.07) is 0. The van der Waals surface area contributed by atoms with Crippen molar-refractivity contribution in [2.75, 3.05) is 13.2 Å². The van der Waals surface area contributed by atoms with Gasteiger partial charge in [0.05, 0.1) is 33.2 Å². The van der Waals surface area contributed by atoms with Crippen molar-refractivity contribution in [2.45, 2.75) is 104 Å². The Morgan fingerprint density at radius 2 is 1.47 bits per heavy atom. The summed E-state index contributed by atoms with van der Waals surface area (Å²) in [6.07, 6.45) is 13.8. The molecule has 36 heavy (non-hydrogen) atoms. The summed E-state index contributed by atoms with van der Waals surface area (Å²) in [5.74, 6) is -1.74. The predicted molar refractivity (Wildman–Crippen MR) is 140 cm³/mol. The standard InChI is InChI=1S/C18H34O7S.C8H15N2/c1-5-7-9-14(3)12-24-17(19)11-16(26(21,22)23)18(20)25-13-15(4)10-8-6-2;1-3-4-5-10-7-6-9(2)8-10/h14-16H,5-13H2,1-4H3,(H,21,22,23);6-8H,3-5H2,1-2H3/q;+1. The fourth-order valence-corrected chi connectivity index (χ4v) is 3.98. The number of carbonyl (C=O) groups is 2. The first-order valence-corrected chi connectivity index (χ1v) is 14.7. The van der Waals surface area contributed by atoms with Crippen molar-refractivity contribution in [3.05, 3.63) is 18.7 Å². The smallest absolute Gasteiger partial charge is 0.327 e. The number of unbranched alkanes of at least 4 members (excludes halogenated alkanes) is 3. The van der Waals surface area contributed by atoms with Gasteiger partial charge in [-0.15, -0.1) is 0 Å². The fourth-order valence-electron chi connectivity index (χ4n) is 3.32. The minimum Gasteiger partial charge on any atom is -0.465 e. The van der Waals surface area contributed by atoms with Gasteiger partial charge < -0.3 is 9.47 Å². The Hall–Kier alpha value is -1.94. The van der Waals surface area contributed by atoms with Crippen molar-refractivity contribution in [3.63, 3.8) is 0 Å². The van der Waals surface area contributed by atoms with Crippen LogP contribution in [0.4, 0.5) is 0 Å². The zero-order valence-electron chi connectivity index (χ0n) is 23.1. The van der Waals surface area contributed by atoms with E-state index in [1.165, 1.54) is 12.8 Å². The normalized spacial score (nSPS) is 13.8. The highest BCUT2D eigenvalue weighted by Gasteiger charge is 2.35. The van der Waals surface area contributed by atoms with Crippen LogP contribution >= 0.6 is 0 Å². The number of hydrogen-bond donors (Lipinski definition) is 1. The van der Waals surface area contributed by atoms with Crippen molar-refractivity contribution in [2.24, 2.45) is 18.9 Å². The van der Waals surface area contributed by atoms with Crippen LogP contribution in [-0.2, 0) is 42.8 Å². The van der Waals surface area contributed by atoms with Gasteiger partial charge in [0.2, 0.25) is 6.33 Å². The highest BCUT2D eigenvalue weighted by Crippen LogP contribution is 2.14. The third-order valence-corrected chi connectivity index (χ3v) is 6.79. The number of hydrogen-bond acceptors (Lipinski definition) is 6. The van der Waals surface area contributed by atoms with Crippen LogP contribution < -0.4 is 4.57 Å². The summed E-state index contributed by atoms with van der Waals surface area (Å²) in [6.45, 7) is 11.5. The summed E-state index contributed by atoms with van der Waals surface area (Å²) in [5.41, 5.74) is 0. The summed E-state index contributed by atoms with van der Waals surface area (Å²) in [5, 5.41) is -1.95. The van der Waals surface area contributed by atoms with Crippen molar-refractivity contribution in [3.8, 4) is 0 Å². The topological polar surface area (TPSA) is 116 Å². The summed E-state index contributed by atoms with van der Waals surface area (Å²) in [7, 11) is -2.71. The SMILES string of the molecule is CCCCC(C)COC(=O)CC(C(=O)OCC(C)CCCC)S(=O)(=O)O.CCCCn1cc[n+](C)c1. The number of aromatic nitrogens is 2. The number of rotatable bonds is 17. The molecule has 0 aliphatic rings. The van der Waals surface area contributed by atoms with Crippen molar-refractivity contribution < 1.29 is 36.6 Å². The molecule has 1 aromatic rings. The van der Waals surface area contributed by atoms with Gasteiger partial charge >= 0.3 is 11.9 Å². The Kier molecular flexibility index (Phi) is 18.2. The van der Waals surface area contributed by atoms with Crippen LogP contribution in [0, 0.1) is 11.8 Å². The van der Waals surface area contributed by atoms with Crippen LogP contribution in [-0.4, -0.2) is 47.9 Å². The van der Waals surface area contributed by atoms with Crippen LogP contribution in [0.3, 0.4) is 0 Å². The monoisotopic (exact) mass is 533 g/mol.